The average molecular weight is 396 g/mol. The van der Waals surface area contributed by atoms with Gasteiger partial charge < -0.3 is 14.8 Å². The van der Waals surface area contributed by atoms with Crippen LogP contribution in [0.4, 0.5) is 5.82 Å². The summed E-state index contributed by atoms with van der Waals surface area (Å²) in [6, 6.07) is 1.06. The van der Waals surface area contributed by atoms with Gasteiger partial charge in [0.05, 0.1) is 5.69 Å². The molecule has 1 N–H and O–H groups in total. The van der Waals surface area contributed by atoms with Gasteiger partial charge in [0.2, 0.25) is 0 Å². The maximum atomic E-state index is 12.6. The van der Waals surface area contributed by atoms with Crippen LogP contribution in [0.2, 0.25) is 25.7 Å². The van der Waals surface area contributed by atoms with E-state index >= 15 is 0 Å². The third kappa shape index (κ3) is 10.4. The van der Waals surface area contributed by atoms with Crippen molar-refractivity contribution in [2.45, 2.75) is 84.3 Å². The molecule has 7 heteroatoms. The topological polar surface area (TPSA) is 73.2 Å². The number of aryl methyl sites for hydroxylation is 1. The van der Waals surface area contributed by atoms with Crippen molar-refractivity contribution < 1.29 is 9.53 Å². The van der Waals surface area contributed by atoms with Crippen LogP contribution in [0, 0.1) is 0 Å². The normalized spacial score (nSPS) is 11.6. The summed E-state index contributed by atoms with van der Waals surface area (Å²) in [6.45, 7) is 10.7. The summed E-state index contributed by atoms with van der Waals surface area (Å²) in [5.74, 6) is 0.364. The van der Waals surface area contributed by atoms with Crippen molar-refractivity contribution in [3.05, 3.63) is 22.2 Å². The Labute approximate surface area is 164 Å². The third-order valence-corrected chi connectivity index (χ3v) is 6.05. The van der Waals surface area contributed by atoms with Gasteiger partial charge in [0.25, 0.3) is 5.56 Å². The second-order valence-corrected chi connectivity index (χ2v) is 13.9. The van der Waals surface area contributed by atoms with Crippen LogP contribution in [0.25, 0.3) is 0 Å². The number of carbonyl (C=O) groups excluding carboxylic acids is 1. The molecule has 1 rings (SSSR count). The van der Waals surface area contributed by atoms with Crippen molar-refractivity contribution in [1.29, 1.82) is 0 Å². The smallest absolute Gasteiger partial charge is 0.295 e. The molecule has 0 saturated carbocycles. The van der Waals surface area contributed by atoms with E-state index in [0.717, 1.165) is 37.4 Å². The van der Waals surface area contributed by atoms with Gasteiger partial charge in [-0.2, -0.15) is 0 Å². The van der Waals surface area contributed by atoms with Gasteiger partial charge in [0.1, 0.15) is 13.0 Å². The van der Waals surface area contributed by atoms with Crippen LogP contribution < -0.4 is 10.9 Å². The highest BCUT2D eigenvalue weighted by Gasteiger charge is 2.13. The van der Waals surface area contributed by atoms with Crippen molar-refractivity contribution in [2.75, 3.05) is 18.5 Å². The van der Waals surface area contributed by atoms with Crippen LogP contribution in [-0.4, -0.2) is 37.1 Å². The molecule has 0 radical (unpaired) electrons. The zero-order chi connectivity index (χ0) is 20.1. The summed E-state index contributed by atoms with van der Waals surface area (Å²) in [7, 11) is -1.16. The number of unbranched alkanes of at least 4 members (excludes halogenated alkanes) is 4. The van der Waals surface area contributed by atoms with Crippen molar-refractivity contribution in [3.63, 3.8) is 0 Å². The van der Waals surface area contributed by atoms with Gasteiger partial charge in [-0.1, -0.05) is 52.2 Å². The second kappa shape index (κ2) is 12.8. The molecule has 0 aliphatic heterocycles. The van der Waals surface area contributed by atoms with Crippen molar-refractivity contribution in [1.82, 2.24) is 9.55 Å². The van der Waals surface area contributed by atoms with Gasteiger partial charge in [-0.05, 0) is 18.9 Å². The molecule has 1 aromatic rings. The zero-order valence-electron chi connectivity index (χ0n) is 17.6. The molecule has 1 heterocycles. The van der Waals surface area contributed by atoms with E-state index < -0.39 is 8.07 Å². The van der Waals surface area contributed by atoms with E-state index in [0.29, 0.717) is 25.3 Å². The number of nitrogens with zero attached hydrogens (tertiary/aromatic N) is 2. The molecule has 0 atom stereocenters. The number of nitrogens with one attached hydrogen (secondary N) is 1. The summed E-state index contributed by atoms with van der Waals surface area (Å²) in [4.78, 5) is 27.8. The average Bonchev–Trinajstić information content (AvgIpc) is 2.61. The first kappa shape index (κ1) is 23.6. The number of aldehydes is 1. The zero-order valence-corrected chi connectivity index (χ0v) is 18.6. The molecule has 27 heavy (non-hydrogen) atoms. The van der Waals surface area contributed by atoms with Gasteiger partial charge in [-0.25, -0.2) is 4.98 Å². The van der Waals surface area contributed by atoms with E-state index in [1.165, 1.54) is 19.3 Å². The second-order valence-electron chi connectivity index (χ2n) is 8.25. The van der Waals surface area contributed by atoms with Gasteiger partial charge in [-0.3, -0.25) is 9.36 Å². The Kier molecular flexibility index (Phi) is 11.2. The highest BCUT2D eigenvalue weighted by atomic mass is 28.3. The van der Waals surface area contributed by atoms with Gasteiger partial charge in [0.15, 0.2) is 5.82 Å². The van der Waals surface area contributed by atoms with Crippen LogP contribution in [0.3, 0.4) is 0 Å². The molecule has 0 fully saturated rings. The molecule has 0 spiro atoms. The first-order valence-electron chi connectivity index (χ1n) is 10.2. The molecule has 0 aliphatic carbocycles. The first-order chi connectivity index (χ1) is 12.9. The number of rotatable bonds is 15. The Hall–Kier alpha value is -1.47. The maximum Gasteiger partial charge on any atom is 0.295 e. The number of aromatic nitrogens is 2. The molecule has 0 saturated heterocycles. The molecule has 0 aliphatic rings. The van der Waals surface area contributed by atoms with Crippen LogP contribution in [0.15, 0.2) is 11.0 Å². The largest absolute Gasteiger partial charge is 0.365 e. The van der Waals surface area contributed by atoms with Crippen molar-refractivity contribution >= 4 is 20.2 Å². The quantitative estimate of drug-likeness (QED) is 0.275. The van der Waals surface area contributed by atoms with Crippen molar-refractivity contribution in [3.8, 4) is 0 Å². The Morgan fingerprint density at radius 2 is 1.96 bits per heavy atom. The summed E-state index contributed by atoms with van der Waals surface area (Å²) >= 11 is 0. The lowest BCUT2D eigenvalue weighted by Gasteiger charge is -2.16. The molecule has 1 aromatic heterocycles. The predicted octanol–water partition coefficient (Wildman–Crippen LogP) is 4.07. The lowest BCUT2D eigenvalue weighted by atomic mass is 10.1. The number of anilines is 1. The van der Waals surface area contributed by atoms with Crippen LogP contribution in [-0.2, 0) is 22.7 Å². The number of carbonyl (C=O) groups is 1. The van der Waals surface area contributed by atoms with Crippen LogP contribution in [0.5, 0.6) is 0 Å². The maximum absolute atomic E-state index is 12.6. The predicted molar refractivity (Wildman–Crippen MR) is 114 cm³/mol. The molecule has 0 bridgehead atoms. The molecular formula is C20H37N3O3Si. The van der Waals surface area contributed by atoms with Gasteiger partial charge in [0, 0.05) is 33.8 Å². The molecular weight excluding hydrogens is 358 g/mol. The van der Waals surface area contributed by atoms with Crippen LogP contribution >= 0.6 is 0 Å². The minimum absolute atomic E-state index is 0.161. The Morgan fingerprint density at radius 1 is 1.22 bits per heavy atom. The summed E-state index contributed by atoms with van der Waals surface area (Å²) in [5, 5.41) is 3.18. The Bertz CT molecular complexity index is 611. The van der Waals surface area contributed by atoms with Gasteiger partial charge in [-0.15, -0.1) is 0 Å². The van der Waals surface area contributed by atoms with E-state index in [2.05, 4.69) is 36.9 Å². The fourth-order valence-corrected chi connectivity index (χ4v) is 3.37. The minimum Gasteiger partial charge on any atom is -0.365 e. The summed E-state index contributed by atoms with van der Waals surface area (Å²) < 4.78 is 7.30. The summed E-state index contributed by atoms with van der Waals surface area (Å²) in [6.07, 6.45) is 9.39. The summed E-state index contributed by atoms with van der Waals surface area (Å²) in [5.41, 5.74) is 0.579. The lowest BCUT2D eigenvalue weighted by Crippen LogP contribution is -2.28. The van der Waals surface area contributed by atoms with E-state index in [1.54, 1.807) is 10.8 Å². The SMILES string of the molecule is CCCCCCCNc1nc(CCC=O)cn(COCC[Si](C)(C)C)c1=O. The van der Waals surface area contributed by atoms with E-state index in [-0.39, 0.29) is 12.3 Å². The highest BCUT2D eigenvalue weighted by Crippen LogP contribution is 2.09. The monoisotopic (exact) mass is 395 g/mol. The Morgan fingerprint density at radius 3 is 2.63 bits per heavy atom. The highest BCUT2D eigenvalue weighted by molar-refractivity contribution is 6.76. The first-order valence-corrected chi connectivity index (χ1v) is 13.9. The standard InChI is InChI=1S/C20H37N3O3Si/c1-5-6-7-8-9-12-21-19-20(25)23(16-18(22-19)11-10-13-24)17-26-14-15-27(2,3)4/h13,16H,5-12,14-15,17H2,1-4H3,(H,21,22). The lowest BCUT2D eigenvalue weighted by molar-refractivity contribution is -0.107. The van der Waals surface area contributed by atoms with E-state index in [1.807, 2.05) is 0 Å². The number of hydrogen-bond donors (Lipinski definition) is 1. The molecule has 154 valence electrons. The molecule has 0 amide bonds. The molecule has 0 aromatic carbocycles. The van der Waals surface area contributed by atoms with Crippen LogP contribution in [0.1, 0.15) is 51.1 Å². The molecule has 6 nitrogen and oxygen atoms in total. The minimum atomic E-state index is -1.16. The molecule has 0 unspecified atom stereocenters. The van der Waals surface area contributed by atoms with E-state index in [4.69, 9.17) is 4.74 Å². The van der Waals surface area contributed by atoms with Gasteiger partial charge >= 0.3 is 0 Å². The van der Waals surface area contributed by atoms with E-state index in [9.17, 15) is 9.59 Å². The van der Waals surface area contributed by atoms with Crippen molar-refractivity contribution in [2.24, 2.45) is 0 Å². The number of ether oxygens (including phenoxy) is 1. The fraction of sp³-hybridized carbons (Fsp3) is 0.750. The Balaban J connectivity index is 2.70. The fourth-order valence-electron chi connectivity index (χ4n) is 2.61. The third-order valence-electron chi connectivity index (χ3n) is 4.34. The number of hydrogen-bond acceptors (Lipinski definition) is 5.